The summed E-state index contributed by atoms with van der Waals surface area (Å²) in [6, 6.07) is 0. The number of unbranched alkanes of at least 4 members (excludes halogenated alkanes) is 1. The van der Waals surface area contributed by atoms with Gasteiger partial charge in [0.05, 0.1) is 5.37 Å². The van der Waals surface area contributed by atoms with Crippen LogP contribution in [-0.4, -0.2) is 29.1 Å². The van der Waals surface area contributed by atoms with E-state index in [0.717, 1.165) is 11.3 Å². The third-order valence-corrected chi connectivity index (χ3v) is 4.67. The second-order valence-electron chi connectivity index (χ2n) is 5.43. The molecule has 0 aromatic rings. The molecule has 2 heteroatoms. The van der Waals surface area contributed by atoms with Crippen LogP contribution in [0.2, 0.25) is 0 Å². The van der Waals surface area contributed by atoms with E-state index >= 15 is 0 Å². The molecule has 0 saturated carbocycles. The molecule has 0 rings (SSSR count). The Morgan fingerprint density at radius 1 is 0.944 bits per heavy atom. The van der Waals surface area contributed by atoms with Gasteiger partial charge < -0.3 is 0 Å². The van der Waals surface area contributed by atoms with Crippen LogP contribution in [0.5, 0.6) is 0 Å². The molecule has 110 valence electrons. The lowest BCUT2D eigenvalue weighted by Gasteiger charge is -2.32. The third kappa shape index (κ3) is 8.42. The first-order valence-corrected chi connectivity index (χ1v) is 9.09. The first-order chi connectivity index (χ1) is 8.69. The molecule has 2 unspecified atom stereocenters. The molecule has 0 aliphatic rings. The van der Waals surface area contributed by atoms with E-state index in [1.165, 1.54) is 57.4 Å². The van der Waals surface area contributed by atoms with Gasteiger partial charge in [0.15, 0.2) is 0 Å². The largest absolute Gasteiger partial charge is 0.291 e. The fraction of sp³-hybridized carbons (Fsp3) is 1.00. The molecule has 0 aliphatic heterocycles. The van der Waals surface area contributed by atoms with E-state index in [4.69, 9.17) is 0 Å². The van der Waals surface area contributed by atoms with Crippen LogP contribution in [0.3, 0.4) is 0 Å². The standard InChI is InChI=1S/C16H35NS/c1-6-10-13-17(12-8-3)16(18-9-4)14-15(5)11-7-2/h15-16H,6-14H2,1-5H3. The molecule has 0 aromatic heterocycles. The normalized spacial score (nSPS) is 15.0. The van der Waals surface area contributed by atoms with E-state index in [-0.39, 0.29) is 0 Å². The highest BCUT2D eigenvalue weighted by molar-refractivity contribution is 7.99. The van der Waals surface area contributed by atoms with Crippen LogP contribution >= 0.6 is 11.8 Å². The van der Waals surface area contributed by atoms with E-state index in [1.807, 2.05) is 0 Å². The van der Waals surface area contributed by atoms with Crippen LogP contribution in [0, 0.1) is 5.92 Å². The molecule has 1 nitrogen and oxygen atoms in total. The zero-order chi connectivity index (χ0) is 13.8. The fourth-order valence-corrected chi connectivity index (χ4v) is 3.79. The molecule has 0 bridgehead atoms. The summed E-state index contributed by atoms with van der Waals surface area (Å²) < 4.78 is 0. The molecule has 0 aromatic carbocycles. The Morgan fingerprint density at radius 3 is 2.17 bits per heavy atom. The van der Waals surface area contributed by atoms with E-state index in [9.17, 15) is 0 Å². The van der Waals surface area contributed by atoms with Crippen molar-refractivity contribution in [3.8, 4) is 0 Å². The van der Waals surface area contributed by atoms with Crippen LogP contribution in [0.25, 0.3) is 0 Å². The lowest BCUT2D eigenvalue weighted by molar-refractivity contribution is 0.225. The third-order valence-electron chi connectivity index (χ3n) is 3.46. The summed E-state index contributed by atoms with van der Waals surface area (Å²) in [5.74, 6) is 2.12. The second-order valence-corrected chi connectivity index (χ2v) is 6.88. The molecule has 0 N–H and O–H groups in total. The van der Waals surface area contributed by atoms with Gasteiger partial charge in [0.2, 0.25) is 0 Å². The van der Waals surface area contributed by atoms with Gasteiger partial charge in [0.25, 0.3) is 0 Å². The van der Waals surface area contributed by atoms with Crippen LogP contribution in [0.15, 0.2) is 0 Å². The summed E-state index contributed by atoms with van der Waals surface area (Å²) in [6.45, 7) is 14.2. The Hall–Kier alpha value is 0.310. The lowest BCUT2D eigenvalue weighted by atomic mass is 10.0. The summed E-state index contributed by atoms with van der Waals surface area (Å²) in [4.78, 5) is 2.74. The predicted octanol–water partition coefficient (Wildman–Crippen LogP) is 5.40. The number of nitrogens with zero attached hydrogens (tertiary/aromatic N) is 1. The van der Waals surface area contributed by atoms with Crippen molar-refractivity contribution in [3.05, 3.63) is 0 Å². The molecule has 0 amide bonds. The van der Waals surface area contributed by atoms with Crippen molar-refractivity contribution < 1.29 is 0 Å². The Kier molecular flexibility index (Phi) is 12.6. The first-order valence-electron chi connectivity index (χ1n) is 8.05. The van der Waals surface area contributed by atoms with Crippen molar-refractivity contribution in [1.82, 2.24) is 4.90 Å². The van der Waals surface area contributed by atoms with Crippen molar-refractivity contribution in [2.75, 3.05) is 18.8 Å². The Balaban J connectivity index is 4.36. The highest BCUT2D eigenvalue weighted by Crippen LogP contribution is 2.25. The van der Waals surface area contributed by atoms with Gasteiger partial charge in [-0.15, -0.1) is 11.8 Å². The summed E-state index contributed by atoms with van der Waals surface area (Å²) in [5, 5.41) is 0.753. The van der Waals surface area contributed by atoms with Crippen molar-refractivity contribution in [2.45, 2.75) is 78.5 Å². The summed E-state index contributed by atoms with van der Waals surface area (Å²) >= 11 is 2.16. The highest BCUT2D eigenvalue weighted by Gasteiger charge is 2.19. The van der Waals surface area contributed by atoms with Gasteiger partial charge in [0.1, 0.15) is 0 Å². The number of hydrogen-bond donors (Lipinski definition) is 0. The van der Waals surface area contributed by atoms with Gasteiger partial charge in [-0.25, -0.2) is 0 Å². The molecule has 0 radical (unpaired) electrons. The molecule has 18 heavy (non-hydrogen) atoms. The average Bonchev–Trinajstić information content (AvgIpc) is 2.34. The molecule has 0 heterocycles. The van der Waals surface area contributed by atoms with Gasteiger partial charge in [0, 0.05) is 0 Å². The summed E-state index contributed by atoms with van der Waals surface area (Å²) in [7, 11) is 0. The van der Waals surface area contributed by atoms with E-state index < -0.39 is 0 Å². The van der Waals surface area contributed by atoms with Crippen molar-refractivity contribution >= 4 is 11.8 Å². The van der Waals surface area contributed by atoms with Crippen LogP contribution in [0.4, 0.5) is 0 Å². The van der Waals surface area contributed by atoms with E-state index in [0.29, 0.717) is 0 Å². The van der Waals surface area contributed by atoms with Gasteiger partial charge >= 0.3 is 0 Å². The Bertz CT molecular complexity index is 172. The van der Waals surface area contributed by atoms with Crippen LogP contribution in [-0.2, 0) is 0 Å². The van der Waals surface area contributed by atoms with Gasteiger partial charge in [-0.2, -0.15) is 0 Å². The summed E-state index contributed by atoms with van der Waals surface area (Å²) in [6.07, 6.45) is 8.03. The Morgan fingerprint density at radius 2 is 1.67 bits per heavy atom. The maximum Gasteiger partial charge on any atom is 0.0559 e. The minimum atomic E-state index is 0.753. The number of rotatable bonds is 12. The zero-order valence-corrected chi connectivity index (χ0v) is 14.2. The van der Waals surface area contributed by atoms with Gasteiger partial charge in [-0.05, 0) is 44.0 Å². The van der Waals surface area contributed by atoms with Crippen LogP contribution in [0.1, 0.15) is 73.1 Å². The zero-order valence-electron chi connectivity index (χ0n) is 13.4. The maximum absolute atomic E-state index is 2.74. The van der Waals surface area contributed by atoms with Gasteiger partial charge in [-0.3, -0.25) is 4.90 Å². The summed E-state index contributed by atoms with van der Waals surface area (Å²) in [5.41, 5.74) is 0. The van der Waals surface area contributed by atoms with Crippen LogP contribution < -0.4 is 0 Å². The lowest BCUT2D eigenvalue weighted by Crippen LogP contribution is -2.36. The predicted molar refractivity (Wildman–Crippen MR) is 87.4 cm³/mol. The molecular weight excluding hydrogens is 238 g/mol. The monoisotopic (exact) mass is 273 g/mol. The number of thioether (sulfide) groups is 1. The smallest absolute Gasteiger partial charge is 0.0559 e. The van der Waals surface area contributed by atoms with Gasteiger partial charge in [-0.1, -0.05) is 53.9 Å². The van der Waals surface area contributed by atoms with Crippen molar-refractivity contribution in [2.24, 2.45) is 5.92 Å². The average molecular weight is 274 g/mol. The topological polar surface area (TPSA) is 3.24 Å². The number of hydrogen-bond acceptors (Lipinski definition) is 2. The van der Waals surface area contributed by atoms with E-state index in [2.05, 4.69) is 51.3 Å². The molecule has 0 spiro atoms. The minimum absolute atomic E-state index is 0.753. The quantitative estimate of drug-likeness (QED) is 0.438. The fourth-order valence-electron chi connectivity index (χ4n) is 2.52. The molecular formula is C16H35NS. The molecule has 0 aliphatic carbocycles. The first kappa shape index (κ1) is 18.3. The van der Waals surface area contributed by atoms with E-state index in [1.54, 1.807) is 0 Å². The molecule has 2 atom stereocenters. The molecule has 0 fully saturated rings. The molecule has 0 saturated heterocycles. The second kappa shape index (κ2) is 12.3. The maximum atomic E-state index is 2.74. The highest BCUT2D eigenvalue weighted by atomic mass is 32.2. The minimum Gasteiger partial charge on any atom is -0.291 e. The SMILES string of the molecule is CCCCN(CCC)C(CC(C)CCC)SCC. The van der Waals surface area contributed by atoms with Crippen molar-refractivity contribution in [1.29, 1.82) is 0 Å². The Labute approximate surface area is 120 Å². The van der Waals surface area contributed by atoms with Crippen molar-refractivity contribution in [3.63, 3.8) is 0 Å².